The second-order valence-corrected chi connectivity index (χ2v) is 8.64. The molecule has 0 fully saturated rings. The number of aryl methyl sites for hydroxylation is 1. The summed E-state index contributed by atoms with van der Waals surface area (Å²) in [4.78, 5) is 5.16. The molecule has 0 atom stereocenters. The molecule has 0 spiro atoms. The second-order valence-electron chi connectivity index (χ2n) is 8.64. The van der Waals surface area contributed by atoms with Gasteiger partial charge >= 0.3 is 0 Å². The first kappa shape index (κ1) is 22.7. The molecule has 0 aliphatic rings. The van der Waals surface area contributed by atoms with Crippen molar-refractivity contribution in [2.24, 2.45) is 4.99 Å². The normalized spacial score (nSPS) is 11.1. The van der Waals surface area contributed by atoms with Gasteiger partial charge in [0.15, 0.2) is 0 Å². The van der Waals surface area contributed by atoms with Crippen LogP contribution in [0.2, 0.25) is 0 Å². The number of benzene rings is 4. The number of aromatic nitrogens is 1. The van der Waals surface area contributed by atoms with Gasteiger partial charge in [-0.25, -0.2) is 4.99 Å². The molecule has 0 radical (unpaired) electrons. The van der Waals surface area contributed by atoms with Gasteiger partial charge in [0.05, 0.1) is 25.6 Å². The Hall–Kier alpha value is -4.05. The zero-order valence-corrected chi connectivity index (χ0v) is 20.5. The average Bonchev–Trinajstić information content (AvgIpc) is 3.23. The minimum absolute atomic E-state index is 0.823. The van der Waals surface area contributed by atoms with E-state index in [1.165, 1.54) is 28.2 Å². The molecule has 176 valence electrons. The number of nitrogens with zero attached hydrogens (tertiary/aromatic N) is 2. The molecule has 0 unspecified atom stereocenters. The summed E-state index contributed by atoms with van der Waals surface area (Å²) in [5.41, 5.74) is 6.43. The maximum Gasteiger partial charge on any atom is 0.118 e. The maximum atomic E-state index is 5.36. The predicted molar refractivity (Wildman–Crippen MR) is 146 cm³/mol. The predicted octanol–water partition coefficient (Wildman–Crippen LogP) is 7.78. The van der Waals surface area contributed by atoms with E-state index in [2.05, 4.69) is 78.2 Å². The van der Waals surface area contributed by atoms with Gasteiger partial charge in [0.2, 0.25) is 0 Å². The summed E-state index contributed by atoms with van der Waals surface area (Å²) in [6.07, 6.45) is 2.33. The fourth-order valence-electron chi connectivity index (χ4n) is 4.59. The van der Waals surface area contributed by atoms with Crippen LogP contribution < -0.4 is 9.47 Å². The number of ether oxygens (including phenoxy) is 2. The summed E-state index contributed by atoms with van der Waals surface area (Å²) in [5.74, 6) is 1.65. The van der Waals surface area contributed by atoms with E-state index in [1.807, 2.05) is 24.3 Å². The summed E-state index contributed by atoms with van der Waals surface area (Å²) >= 11 is 0. The minimum Gasteiger partial charge on any atom is -0.497 e. The molecule has 4 heteroatoms. The molecule has 0 N–H and O–H groups in total. The van der Waals surface area contributed by atoms with Crippen molar-refractivity contribution in [2.75, 3.05) is 14.2 Å². The Labute approximate surface area is 206 Å². The van der Waals surface area contributed by atoms with Crippen molar-refractivity contribution in [1.29, 1.82) is 0 Å². The van der Waals surface area contributed by atoms with Crippen molar-refractivity contribution in [2.45, 2.75) is 26.3 Å². The van der Waals surface area contributed by atoms with Gasteiger partial charge in [-0.1, -0.05) is 31.5 Å². The molecule has 35 heavy (non-hydrogen) atoms. The Kier molecular flexibility index (Phi) is 6.53. The Morgan fingerprint density at radius 3 is 1.91 bits per heavy atom. The van der Waals surface area contributed by atoms with Gasteiger partial charge in [-0.3, -0.25) is 0 Å². The molecule has 0 aliphatic heterocycles. The summed E-state index contributed by atoms with van der Waals surface area (Å²) < 4.78 is 13.2. The van der Waals surface area contributed by atoms with Crippen molar-refractivity contribution in [3.8, 4) is 11.5 Å². The molecule has 0 saturated carbocycles. The van der Waals surface area contributed by atoms with E-state index < -0.39 is 0 Å². The Bertz CT molecular complexity index is 1430. The quantitative estimate of drug-likeness (QED) is 0.221. The van der Waals surface area contributed by atoms with E-state index in [-0.39, 0.29) is 0 Å². The highest BCUT2D eigenvalue weighted by Crippen LogP contribution is 2.33. The van der Waals surface area contributed by atoms with Crippen LogP contribution in [0.3, 0.4) is 0 Å². The van der Waals surface area contributed by atoms with Crippen LogP contribution in [0.4, 0.5) is 5.69 Å². The fourth-order valence-corrected chi connectivity index (χ4v) is 4.59. The lowest BCUT2D eigenvalue weighted by Crippen LogP contribution is -2.03. The second kappa shape index (κ2) is 10.1. The van der Waals surface area contributed by atoms with Gasteiger partial charge in [0.1, 0.15) is 11.5 Å². The highest BCUT2D eigenvalue weighted by molar-refractivity contribution is 6.15. The number of para-hydroxylation sites is 1. The first-order valence-corrected chi connectivity index (χ1v) is 12.1. The number of unbranched alkanes of at least 4 members (excludes halogenated alkanes) is 1. The molecule has 0 bridgehead atoms. The van der Waals surface area contributed by atoms with Crippen LogP contribution >= 0.6 is 0 Å². The highest BCUT2D eigenvalue weighted by Gasteiger charge is 2.13. The third-order valence-corrected chi connectivity index (χ3v) is 6.46. The first-order chi connectivity index (χ1) is 17.2. The zero-order valence-electron chi connectivity index (χ0n) is 20.5. The van der Waals surface area contributed by atoms with Gasteiger partial charge in [-0.2, -0.15) is 0 Å². The van der Waals surface area contributed by atoms with Crippen molar-refractivity contribution >= 4 is 33.2 Å². The van der Waals surface area contributed by atoms with E-state index in [9.17, 15) is 0 Å². The number of hydrogen-bond acceptors (Lipinski definition) is 3. The van der Waals surface area contributed by atoms with Crippen LogP contribution in [0, 0.1) is 0 Å². The molecule has 1 heterocycles. The molecule has 5 aromatic rings. The van der Waals surface area contributed by atoms with E-state index in [0.29, 0.717) is 0 Å². The Morgan fingerprint density at radius 2 is 1.31 bits per heavy atom. The smallest absolute Gasteiger partial charge is 0.118 e. The highest BCUT2D eigenvalue weighted by atomic mass is 16.5. The summed E-state index contributed by atoms with van der Waals surface area (Å²) in [6, 6.07) is 31.3. The van der Waals surface area contributed by atoms with Crippen LogP contribution in [0.25, 0.3) is 21.8 Å². The van der Waals surface area contributed by atoms with Crippen LogP contribution in [-0.2, 0) is 6.54 Å². The van der Waals surface area contributed by atoms with Gasteiger partial charge in [0, 0.05) is 39.5 Å². The molecule has 0 saturated heterocycles. The van der Waals surface area contributed by atoms with Crippen molar-refractivity contribution in [1.82, 2.24) is 4.57 Å². The average molecular weight is 463 g/mol. The largest absolute Gasteiger partial charge is 0.497 e. The maximum absolute atomic E-state index is 5.36. The third-order valence-electron chi connectivity index (χ3n) is 6.46. The number of rotatable bonds is 8. The number of methoxy groups -OCH3 is 2. The molecule has 4 aromatic carbocycles. The molecule has 0 aliphatic carbocycles. The van der Waals surface area contributed by atoms with E-state index >= 15 is 0 Å². The lowest BCUT2D eigenvalue weighted by atomic mass is 10.0. The molecule has 4 nitrogen and oxygen atoms in total. The van der Waals surface area contributed by atoms with Crippen molar-refractivity contribution < 1.29 is 9.47 Å². The number of hydrogen-bond donors (Lipinski definition) is 0. The van der Waals surface area contributed by atoms with Gasteiger partial charge in [0.25, 0.3) is 0 Å². The summed E-state index contributed by atoms with van der Waals surface area (Å²) in [5, 5.41) is 2.51. The van der Waals surface area contributed by atoms with Crippen molar-refractivity contribution in [3.63, 3.8) is 0 Å². The van der Waals surface area contributed by atoms with E-state index in [1.54, 1.807) is 14.2 Å². The van der Waals surface area contributed by atoms with Gasteiger partial charge < -0.3 is 14.0 Å². The molecule has 0 amide bonds. The molecular weight excluding hydrogens is 432 g/mol. The third kappa shape index (κ3) is 4.52. The molecule has 1 aromatic heterocycles. The summed E-state index contributed by atoms with van der Waals surface area (Å²) in [6.45, 7) is 3.26. The zero-order chi connectivity index (χ0) is 24.2. The number of aliphatic imine (C=N–C) groups is 1. The lowest BCUT2D eigenvalue weighted by Gasteiger charge is -2.10. The molecule has 5 rings (SSSR count). The monoisotopic (exact) mass is 462 g/mol. The van der Waals surface area contributed by atoms with Gasteiger partial charge in [-0.15, -0.1) is 0 Å². The Morgan fingerprint density at radius 1 is 0.714 bits per heavy atom. The SMILES string of the molecule is CCCCn1c2ccccc2c2cc(N=C(c3ccc(OC)cc3)c3ccc(OC)cc3)ccc21. The van der Waals surface area contributed by atoms with Crippen LogP contribution in [0.5, 0.6) is 11.5 Å². The van der Waals surface area contributed by atoms with Crippen LogP contribution in [0.1, 0.15) is 30.9 Å². The minimum atomic E-state index is 0.823. The Balaban J connectivity index is 1.66. The topological polar surface area (TPSA) is 35.8 Å². The van der Waals surface area contributed by atoms with Crippen molar-refractivity contribution in [3.05, 3.63) is 102 Å². The van der Waals surface area contributed by atoms with Crippen LogP contribution in [-0.4, -0.2) is 24.5 Å². The van der Waals surface area contributed by atoms with Gasteiger partial charge in [-0.05, 0) is 79.2 Å². The first-order valence-electron chi connectivity index (χ1n) is 12.1. The fraction of sp³-hybridized carbons (Fsp3) is 0.194. The standard InChI is InChI=1S/C31H30N2O2/c1-4-5-20-33-29-9-7-6-8-27(29)28-21-24(14-19-30(28)33)32-31(22-10-15-25(34-2)16-11-22)23-12-17-26(35-3)18-13-23/h6-19,21H,4-5,20H2,1-3H3. The summed E-state index contributed by atoms with van der Waals surface area (Å²) in [7, 11) is 3.36. The van der Waals surface area contributed by atoms with Crippen LogP contribution in [0.15, 0.2) is 96.0 Å². The lowest BCUT2D eigenvalue weighted by molar-refractivity contribution is 0.414. The van der Waals surface area contributed by atoms with E-state index in [0.717, 1.165) is 47.0 Å². The van der Waals surface area contributed by atoms with E-state index in [4.69, 9.17) is 14.5 Å². The molecular formula is C31H30N2O2. The number of fused-ring (bicyclic) bond motifs is 3.